The van der Waals surface area contributed by atoms with Crippen LogP contribution in [0.2, 0.25) is 0 Å². The van der Waals surface area contributed by atoms with Crippen LogP contribution in [0.15, 0.2) is 84.9 Å². The molecule has 2 aliphatic carbocycles. The van der Waals surface area contributed by atoms with Crippen molar-refractivity contribution in [2.45, 2.75) is 88.1 Å². The fourth-order valence-corrected chi connectivity index (χ4v) is 7.72. The van der Waals surface area contributed by atoms with E-state index < -0.39 is 30.2 Å². The number of rotatable bonds is 12. The van der Waals surface area contributed by atoms with Crippen molar-refractivity contribution in [2.75, 3.05) is 32.7 Å². The maximum Gasteiger partial charge on any atom is 0.239 e. The van der Waals surface area contributed by atoms with E-state index in [-0.39, 0.29) is 29.2 Å². The lowest BCUT2D eigenvalue weighted by atomic mass is 9.91. The van der Waals surface area contributed by atoms with Gasteiger partial charge in [0.15, 0.2) is 0 Å². The lowest BCUT2D eigenvalue weighted by Gasteiger charge is -2.43. The van der Waals surface area contributed by atoms with Gasteiger partial charge in [0.05, 0.1) is 18.2 Å². The molecule has 8 nitrogen and oxygen atoms in total. The molecule has 8 heteroatoms. The Kier molecular flexibility index (Phi) is 10.4. The van der Waals surface area contributed by atoms with Crippen molar-refractivity contribution >= 4 is 11.8 Å². The Morgan fingerprint density at radius 3 is 2.29 bits per heavy atom. The van der Waals surface area contributed by atoms with E-state index in [1.165, 1.54) is 5.56 Å². The second kappa shape index (κ2) is 14.5. The van der Waals surface area contributed by atoms with Gasteiger partial charge in [-0.25, -0.2) is 0 Å². The molecule has 3 aliphatic rings. The third-order valence-electron chi connectivity index (χ3n) is 10.3. The molecule has 256 valence electrons. The fraction of sp³-hybridized carbons (Fsp3) is 0.500. The topological polar surface area (TPSA) is 105 Å². The maximum atomic E-state index is 13.9. The summed E-state index contributed by atoms with van der Waals surface area (Å²) in [6.07, 6.45) is 2.02. The summed E-state index contributed by atoms with van der Waals surface area (Å²) >= 11 is 0. The molecule has 1 aliphatic heterocycles. The van der Waals surface area contributed by atoms with E-state index >= 15 is 0 Å². The standard InChI is InChI=1S/C40H52N4O4/c1-39(2,3)42-38(48)34-26-43(27-40(18-19-40)31-15-8-5-9-16-31)20-21-44(34)25-32(45)23-30(22-28-12-6-4-7-13-28)37(47)41-36-33-17-11-10-14-29(33)24-35(36)46/h4-17,30,32,34-36,45-46H,18-27H2,1-3H3,(H,41,47)(H,42,48)/t30-,32+,34+,35-,36?/m1/s1. The number of fused-ring (bicyclic) bond motifs is 1. The van der Waals surface area contributed by atoms with Crippen LogP contribution in [0.3, 0.4) is 0 Å². The van der Waals surface area contributed by atoms with Crippen LogP contribution in [0.4, 0.5) is 0 Å². The van der Waals surface area contributed by atoms with Crippen LogP contribution >= 0.6 is 0 Å². The predicted octanol–water partition coefficient (Wildman–Crippen LogP) is 4.00. The van der Waals surface area contributed by atoms with Gasteiger partial charge in [0.1, 0.15) is 6.04 Å². The van der Waals surface area contributed by atoms with Gasteiger partial charge in [0.2, 0.25) is 11.8 Å². The van der Waals surface area contributed by atoms with Crippen molar-refractivity contribution in [1.29, 1.82) is 0 Å². The van der Waals surface area contributed by atoms with Gasteiger partial charge >= 0.3 is 0 Å². The molecule has 4 N–H and O–H groups in total. The van der Waals surface area contributed by atoms with Gasteiger partial charge in [0.25, 0.3) is 0 Å². The largest absolute Gasteiger partial charge is 0.392 e. The number of piperazine rings is 1. The third-order valence-corrected chi connectivity index (χ3v) is 10.3. The van der Waals surface area contributed by atoms with Gasteiger partial charge in [0, 0.05) is 56.0 Å². The maximum absolute atomic E-state index is 13.9. The Morgan fingerprint density at radius 2 is 1.60 bits per heavy atom. The summed E-state index contributed by atoms with van der Waals surface area (Å²) in [5.74, 6) is -0.719. The molecule has 1 heterocycles. The number of hydrogen-bond donors (Lipinski definition) is 4. The van der Waals surface area contributed by atoms with Crippen molar-refractivity contribution in [3.8, 4) is 0 Å². The van der Waals surface area contributed by atoms with Crippen LogP contribution in [0.5, 0.6) is 0 Å². The van der Waals surface area contributed by atoms with Crippen molar-refractivity contribution in [2.24, 2.45) is 5.92 Å². The fourth-order valence-electron chi connectivity index (χ4n) is 7.72. The summed E-state index contributed by atoms with van der Waals surface area (Å²) in [4.78, 5) is 32.2. The highest BCUT2D eigenvalue weighted by molar-refractivity contribution is 5.83. The first-order chi connectivity index (χ1) is 23.0. The predicted molar refractivity (Wildman–Crippen MR) is 188 cm³/mol. The van der Waals surface area contributed by atoms with Gasteiger partial charge in [-0.3, -0.25) is 19.4 Å². The van der Waals surface area contributed by atoms with Crippen LogP contribution in [0.1, 0.15) is 68.3 Å². The molecular weight excluding hydrogens is 600 g/mol. The van der Waals surface area contributed by atoms with Crippen LogP contribution in [-0.2, 0) is 27.8 Å². The number of carbonyl (C=O) groups is 2. The molecule has 2 amide bonds. The Bertz CT molecular complexity index is 1540. The molecule has 3 aromatic carbocycles. The molecule has 0 aromatic heterocycles. The summed E-state index contributed by atoms with van der Waals surface area (Å²) in [5.41, 5.74) is 4.15. The van der Waals surface area contributed by atoms with E-state index in [9.17, 15) is 19.8 Å². The molecule has 0 spiro atoms. The zero-order valence-electron chi connectivity index (χ0n) is 28.6. The minimum Gasteiger partial charge on any atom is -0.392 e. The smallest absolute Gasteiger partial charge is 0.239 e. The second-order valence-electron chi connectivity index (χ2n) is 15.4. The quantitative estimate of drug-likeness (QED) is 0.236. The lowest BCUT2D eigenvalue weighted by molar-refractivity contribution is -0.132. The number of nitrogens with zero attached hydrogens (tertiary/aromatic N) is 2. The van der Waals surface area contributed by atoms with Crippen molar-refractivity contribution in [1.82, 2.24) is 20.4 Å². The highest BCUT2D eigenvalue weighted by Gasteiger charge is 2.47. The van der Waals surface area contributed by atoms with Crippen molar-refractivity contribution in [3.63, 3.8) is 0 Å². The molecule has 48 heavy (non-hydrogen) atoms. The Labute approximate surface area is 285 Å². The van der Waals surface area contributed by atoms with E-state index in [1.807, 2.05) is 75.4 Å². The summed E-state index contributed by atoms with van der Waals surface area (Å²) in [5, 5.41) is 28.8. The van der Waals surface area contributed by atoms with E-state index in [4.69, 9.17) is 0 Å². The van der Waals surface area contributed by atoms with Crippen LogP contribution < -0.4 is 10.6 Å². The number of benzene rings is 3. The van der Waals surface area contributed by atoms with Crippen molar-refractivity contribution in [3.05, 3.63) is 107 Å². The van der Waals surface area contributed by atoms with Gasteiger partial charge in [-0.1, -0.05) is 84.9 Å². The molecular formula is C40H52N4O4. The van der Waals surface area contributed by atoms with E-state index in [2.05, 4.69) is 50.8 Å². The molecule has 1 saturated heterocycles. The Hall–Kier alpha value is -3.56. The number of aliphatic hydroxyl groups excluding tert-OH is 2. The Morgan fingerprint density at radius 1 is 0.938 bits per heavy atom. The normalized spacial score (nSPS) is 23.6. The van der Waals surface area contributed by atoms with Gasteiger partial charge in [-0.15, -0.1) is 0 Å². The van der Waals surface area contributed by atoms with E-state index in [0.29, 0.717) is 32.5 Å². The van der Waals surface area contributed by atoms with E-state index in [0.717, 1.165) is 42.6 Å². The highest BCUT2D eigenvalue weighted by atomic mass is 16.3. The summed E-state index contributed by atoms with van der Waals surface area (Å²) < 4.78 is 0. The van der Waals surface area contributed by atoms with Gasteiger partial charge in [-0.05, 0) is 68.7 Å². The van der Waals surface area contributed by atoms with Crippen molar-refractivity contribution < 1.29 is 19.8 Å². The van der Waals surface area contributed by atoms with Crippen LogP contribution in [-0.4, -0.2) is 88.3 Å². The van der Waals surface area contributed by atoms with Gasteiger partial charge < -0.3 is 20.8 Å². The average molecular weight is 653 g/mol. The lowest BCUT2D eigenvalue weighted by Crippen LogP contribution is -2.62. The third kappa shape index (κ3) is 8.35. The van der Waals surface area contributed by atoms with Crippen LogP contribution in [0, 0.1) is 5.92 Å². The summed E-state index contributed by atoms with van der Waals surface area (Å²) in [7, 11) is 0. The number of aliphatic hydroxyl groups is 2. The number of amides is 2. The molecule has 1 unspecified atom stereocenters. The molecule has 5 atom stereocenters. The van der Waals surface area contributed by atoms with Gasteiger partial charge in [-0.2, -0.15) is 0 Å². The van der Waals surface area contributed by atoms with Crippen LogP contribution in [0.25, 0.3) is 0 Å². The second-order valence-corrected chi connectivity index (χ2v) is 15.4. The highest BCUT2D eigenvalue weighted by Crippen LogP contribution is 2.48. The summed E-state index contributed by atoms with van der Waals surface area (Å²) in [6.45, 7) is 9.26. The molecule has 6 rings (SSSR count). The minimum absolute atomic E-state index is 0.0311. The zero-order valence-corrected chi connectivity index (χ0v) is 28.6. The number of nitrogens with one attached hydrogen (secondary N) is 2. The van der Waals surface area contributed by atoms with E-state index in [1.54, 1.807) is 0 Å². The molecule has 1 saturated carbocycles. The number of hydrogen-bond acceptors (Lipinski definition) is 6. The zero-order chi connectivity index (χ0) is 33.9. The summed E-state index contributed by atoms with van der Waals surface area (Å²) in [6, 6.07) is 27.5. The molecule has 0 radical (unpaired) electrons. The average Bonchev–Trinajstić information content (AvgIpc) is 3.77. The Balaban J connectivity index is 1.15. The molecule has 2 fully saturated rings. The molecule has 3 aromatic rings. The monoisotopic (exact) mass is 652 g/mol. The first kappa shape index (κ1) is 34.3. The SMILES string of the molecule is CC(C)(C)NC(=O)[C@@H]1CN(CC2(c3ccccc3)CC2)CCN1C[C@@H](O)C[C@@H](Cc1ccccc1)C(=O)NC1c2ccccc2C[C@H]1O. The number of carbonyl (C=O) groups excluding carboxylic acids is 2. The first-order valence-electron chi connectivity index (χ1n) is 17.6. The minimum atomic E-state index is -0.819. The number of β-amino-alcohol motifs (C(OH)–C–C–N with tert-alkyl or cyclic N) is 1. The molecule has 0 bridgehead atoms. The first-order valence-corrected chi connectivity index (χ1v) is 17.6.